The van der Waals surface area contributed by atoms with Gasteiger partial charge in [0.1, 0.15) is 11.5 Å². The third-order valence-corrected chi connectivity index (χ3v) is 6.85. The summed E-state index contributed by atoms with van der Waals surface area (Å²) >= 11 is 0. The van der Waals surface area contributed by atoms with E-state index in [9.17, 15) is 25.0 Å². The minimum Gasteiger partial charge on any atom is -0.395 e. The molecule has 3 aromatic rings. The highest BCUT2D eigenvalue weighted by Gasteiger charge is 2.55. The van der Waals surface area contributed by atoms with E-state index in [0.717, 1.165) is 19.6 Å². The molecule has 2 unspecified atom stereocenters. The predicted molar refractivity (Wildman–Crippen MR) is 129 cm³/mol. The first-order valence-corrected chi connectivity index (χ1v) is 11.5. The third kappa shape index (κ3) is 5.18. The van der Waals surface area contributed by atoms with Crippen LogP contribution in [0.4, 0.5) is 16.2 Å². The molecular formula is C26H23N3O7. The third-order valence-electron chi connectivity index (χ3n) is 6.85. The maximum Gasteiger partial charge on any atom is 0.519 e. The Hall–Kier alpha value is -4.31. The largest absolute Gasteiger partial charge is 0.519 e. The van der Waals surface area contributed by atoms with Crippen LogP contribution < -0.4 is 9.47 Å². The summed E-state index contributed by atoms with van der Waals surface area (Å²) in [6.45, 7) is 2.84. The highest BCUT2D eigenvalue weighted by molar-refractivity contribution is 5.68. The van der Waals surface area contributed by atoms with Crippen molar-refractivity contribution in [1.82, 2.24) is 4.90 Å². The summed E-state index contributed by atoms with van der Waals surface area (Å²) in [4.78, 5) is 35.9. The van der Waals surface area contributed by atoms with Gasteiger partial charge in [0.05, 0.1) is 9.85 Å². The maximum absolute atomic E-state index is 12.4. The predicted octanol–water partition coefficient (Wildman–Crippen LogP) is 5.00. The zero-order chi connectivity index (χ0) is 25.2. The van der Waals surface area contributed by atoms with Crippen LogP contribution in [0.2, 0.25) is 0 Å². The standard InChI is InChI=1S/C26H23N3O7/c30-26(35-21-9-6-19(7-10-21)28(31)32)36-25-11-8-20(29(33)34)12-18(25)13-22-23-15-27(16-24(22)23)14-17-4-2-1-3-5-17/h1-12,22-24H,13-16H2. The molecule has 3 aromatic carbocycles. The smallest absolute Gasteiger partial charge is 0.395 e. The second-order valence-corrected chi connectivity index (χ2v) is 9.13. The summed E-state index contributed by atoms with van der Waals surface area (Å²) in [6, 6.07) is 19.5. The lowest BCUT2D eigenvalue weighted by Gasteiger charge is -2.19. The summed E-state index contributed by atoms with van der Waals surface area (Å²) in [5, 5.41) is 22.1. The van der Waals surface area contributed by atoms with Crippen LogP contribution >= 0.6 is 0 Å². The van der Waals surface area contributed by atoms with Gasteiger partial charge in [-0.15, -0.1) is 0 Å². The highest BCUT2D eigenvalue weighted by Crippen LogP contribution is 2.54. The number of nitrogens with zero attached hydrogens (tertiary/aromatic N) is 3. The van der Waals surface area contributed by atoms with Gasteiger partial charge in [-0.2, -0.15) is 0 Å². The second-order valence-electron chi connectivity index (χ2n) is 9.13. The molecule has 0 N–H and O–H groups in total. The first-order valence-electron chi connectivity index (χ1n) is 11.5. The number of piperidine rings is 1. The van der Waals surface area contributed by atoms with Crippen LogP contribution in [0, 0.1) is 38.0 Å². The molecule has 5 rings (SSSR count). The Kier molecular flexibility index (Phi) is 6.34. The number of benzene rings is 3. The van der Waals surface area contributed by atoms with Crippen molar-refractivity contribution in [2.45, 2.75) is 13.0 Å². The van der Waals surface area contributed by atoms with Crippen LogP contribution in [0.15, 0.2) is 72.8 Å². The number of fused-ring (bicyclic) bond motifs is 1. The number of nitro benzene ring substituents is 2. The summed E-state index contributed by atoms with van der Waals surface area (Å²) in [5.74, 6) is 1.68. The molecule has 36 heavy (non-hydrogen) atoms. The summed E-state index contributed by atoms with van der Waals surface area (Å²) in [5.41, 5.74) is 1.65. The second kappa shape index (κ2) is 9.74. The van der Waals surface area contributed by atoms with Gasteiger partial charge in [-0.05, 0) is 47.9 Å². The van der Waals surface area contributed by atoms with Gasteiger partial charge >= 0.3 is 6.16 Å². The molecule has 10 heteroatoms. The Bertz CT molecular complexity index is 1280. The molecule has 1 saturated carbocycles. The van der Waals surface area contributed by atoms with E-state index in [1.54, 1.807) is 0 Å². The van der Waals surface area contributed by atoms with Crippen molar-refractivity contribution in [1.29, 1.82) is 0 Å². The normalized spacial score (nSPS) is 20.4. The van der Waals surface area contributed by atoms with Crippen LogP contribution in [0.1, 0.15) is 11.1 Å². The fraction of sp³-hybridized carbons (Fsp3) is 0.269. The SMILES string of the molecule is O=C(Oc1ccc([N+](=O)[O-])cc1)Oc1ccc([N+](=O)[O-])cc1CC1C2CN(Cc3ccccc3)CC12. The van der Waals surface area contributed by atoms with Gasteiger partial charge < -0.3 is 9.47 Å². The quantitative estimate of drug-likeness (QED) is 0.187. The Balaban J connectivity index is 1.23. The van der Waals surface area contributed by atoms with Crippen molar-refractivity contribution in [2.75, 3.05) is 13.1 Å². The van der Waals surface area contributed by atoms with Crippen LogP contribution in [-0.4, -0.2) is 34.0 Å². The monoisotopic (exact) mass is 489 g/mol. The molecule has 0 spiro atoms. The minimum atomic E-state index is -1.02. The molecule has 0 radical (unpaired) electrons. The lowest BCUT2D eigenvalue weighted by molar-refractivity contribution is -0.385. The van der Waals surface area contributed by atoms with E-state index in [2.05, 4.69) is 17.0 Å². The van der Waals surface area contributed by atoms with E-state index in [-0.39, 0.29) is 22.9 Å². The molecule has 1 heterocycles. The first kappa shape index (κ1) is 23.4. The Morgan fingerprint density at radius 1 is 0.861 bits per heavy atom. The van der Waals surface area contributed by atoms with Crippen molar-refractivity contribution in [3.63, 3.8) is 0 Å². The topological polar surface area (TPSA) is 125 Å². The fourth-order valence-electron chi connectivity index (χ4n) is 5.05. The van der Waals surface area contributed by atoms with E-state index in [0.29, 0.717) is 29.7 Å². The molecule has 184 valence electrons. The average Bonchev–Trinajstić information content (AvgIpc) is 3.29. The van der Waals surface area contributed by atoms with Gasteiger partial charge in [-0.25, -0.2) is 4.79 Å². The van der Waals surface area contributed by atoms with Gasteiger partial charge in [0.2, 0.25) is 0 Å². The van der Waals surface area contributed by atoms with E-state index in [1.807, 2.05) is 18.2 Å². The van der Waals surface area contributed by atoms with Gasteiger partial charge in [0, 0.05) is 49.5 Å². The van der Waals surface area contributed by atoms with Crippen molar-refractivity contribution in [3.8, 4) is 11.5 Å². The molecule has 10 nitrogen and oxygen atoms in total. The van der Waals surface area contributed by atoms with E-state index < -0.39 is 16.0 Å². The fourth-order valence-corrected chi connectivity index (χ4v) is 5.05. The first-order chi connectivity index (χ1) is 17.4. The molecule has 0 amide bonds. The zero-order valence-corrected chi connectivity index (χ0v) is 19.2. The zero-order valence-electron chi connectivity index (χ0n) is 19.2. The molecule has 1 aliphatic carbocycles. The van der Waals surface area contributed by atoms with Crippen molar-refractivity contribution in [2.24, 2.45) is 17.8 Å². The summed E-state index contributed by atoms with van der Waals surface area (Å²) in [7, 11) is 0. The number of hydrogen-bond acceptors (Lipinski definition) is 8. The lowest BCUT2D eigenvalue weighted by Crippen LogP contribution is -2.24. The van der Waals surface area contributed by atoms with Gasteiger partial charge in [0.25, 0.3) is 11.4 Å². The minimum absolute atomic E-state index is 0.0717. The summed E-state index contributed by atoms with van der Waals surface area (Å²) in [6.07, 6.45) is -0.458. The van der Waals surface area contributed by atoms with Crippen molar-refractivity contribution >= 4 is 17.5 Å². The molecule has 2 fully saturated rings. The number of carbonyl (C=O) groups is 1. The Morgan fingerprint density at radius 3 is 2.14 bits per heavy atom. The summed E-state index contributed by atoms with van der Waals surface area (Å²) < 4.78 is 10.5. The van der Waals surface area contributed by atoms with Crippen molar-refractivity contribution < 1.29 is 24.1 Å². The maximum atomic E-state index is 12.4. The van der Waals surface area contributed by atoms with Crippen LogP contribution in [0.5, 0.6) is 11.5 Å². The molecule has 2 aliphatic rings. The lowest BCUT2D eigenvalue weighted by atomic mass is 10.0. The van der Waals surface area contributed by atoms with E-state index in [4.69, 9.17) is 9.47 Å². The number of carbonyl (C=O) groups excluding carboxylic acids is 1. The molecule has 2 atom stereocenters. The number of rotatable bonds is 8. The number of ether oxygens (including phenoxy) is 2. The number of likely N-dealkylation sites (tertiary alicyclic amines) is 1. The Labute approximate surface area is 206 Å². The molecule has 1 aliphatic heterocycles. The molecule has 1 saturated heterocycles. The number of hydrogen-bond donors (Lipinski definition) is 0. The van der Waals surface area contributed by atoms with Crippen LogP contribution in [0.3, 0.4) is 0 Å². The van der Waals surface area contributed by atoms with Gasteiger partial charge in [-0.3, -0.25) is 25.1 Å². The molecule has 0 aromatic heterocycles. The Morgan fingerprint density at radius 2 is 1.50 bits per heavy atom. The molecular weight excluding hydrogens is 466 g/mol. The number of non-ortho nitro benzene ring substituents is 2. The van der Waals surface area contributed by atoms with Gasteiger partial charge in [0.15, 0.2) is 0 Å². The van der Waals surface area contributed by atoms with Gasteiger partial charge in [-0.1, -0.05) is 30.3 Å². The number of nitro groups is 2. The van der Waals surface area contributed by atoms with E-state index >= 15 is 0 Å². The highest BCUT2D eigenvalue weighted by atomic mass is 16.7. The van der Waals surface area contributed by atoms with Crippen molar-refractivity contribution in [3.05, 3.63) is 104 Å². The molecule has 0 bridgehead atoms. The van der Waals surface area contributed by atoms with Crippen LogP contribution in [-0.2, 0) is 13.0 Å². The average molecular weight is 489 g/mol. The van der Waals surface area contributed by atoms with E-state index in [1.165, 1.54) is 48.0 Å². The van der Waals surface area contributed by atoms with Crippen LogP contribution in [0.25, 0.3) is 0 Å².